The van der Waals surface area contributed by atoms with Gasteiger partial charge in [-0.3, -0.25) is 0 Å². The van der Waals surface area contributed by atoms with Crippen LogP contribution in [-0.2, 0) is 4.74 Å². The molecule has 0 aromatic carbocycles. The Kier molecular flexibility index (Phi) is 21.0. The maximum Gasteiger partial charge on any atom is 0.0437 e. The van der Waals surface area contributed by atoms with E-state index in [9.17, 15) is 0 Å². The zero-order valence-corrected chi connectivity index (χ0v) is 7.24. The average molecular weight is 171 g/mol. The van der Waals surface area contributed by atoms with Crippen LogP contribution < -0.4 is 0 Å². The molecule has 0 N–H and O–H groups in total. The van der Waals surface area contributed by atoms with Crippen molar-refractivity contribution >= 4 is 23.2 Å². The number of hydrogen-bond donors (Lipinski definition) is 0. The van der Waals surface area contributed by atoms with E-state index in [1.54, 1.807) is 0 Å². The molecule has 0 aromatic heterocycles. The highest BCUT2D eigenvalue weighted by atomic mass is 35.5. The molecule has 3 heteroatoms. The van der Waals surface area contributed by atoms with E-state index < -0.39 is 0 Å². The Balaban J connectivity index is 0. The Bertz CT molecular complexity index is 49.0. The highest BCUT2D eigenvalue weighted by Crippen LogP contribution is 1.78. The molecular weight excluding hydrogens is 159 g/mol. The van der Waals surface area contributed by atoms with Gasteiger partial charge in [0, 0.05) is 24.3 Å². The van der Waals surface area contributed by atoms with Gasteiger partial charge in [-0.1, -0.05) is 23.2 Å². The summed E-state index contributed by atoms with van der Waals surface area (Å²) in [5.41, 5.74) is 2.48. The lowest BCUT2D eigenvalue weighted by atomic mass is 10.8. The smallest absolute Gasteiger partial charge is 0.0437 e. The van der Waals surface area contributed by atoms with Gasteiger partial charge < -0.3 is 4.74 Å². The summed E-state index contributed by atoms with van der Waals surface area (Å²) in [4.78, 5) is 0. The summed E-state index contributed by atoms with van der Waals surface area (Å²) < 4.78 is 4.83. The first kappa shape index (κ1) is 12.0. The monoisotopic (exact) mass is 170 g/mol. The van der Waals surface area contributed by atoms with E-state index in [0.29, 0.717) is 0 Å². The predicted octanol–water partition coefficient (Wildman–Crippen LogP) is 2.98. The molecule has 0 radical (unpaired) electrons. The van der Waals surface area contributed by atoms with Crippen LogP contribution in [0.2, 0.25) is 0 Å². The van der Waals surface area contributed by atoms with E-state index >= 15 is 0 Å². The van der Waals surface area contributed by atoms with Crippen molar-refractivity contribution < 1.29 is 4.74 Å². The lowest BCUT2D eigenvalue weighted by Gasteiger charge is -1.86. The van der Waals surface area contributed by atoms with Crippen molar-refractivity contribution in [1.29, 1.82) is 0 Å². The van der Waals surface area contributed by atoms with Gasteiger partial charge in [-0.25, -0.2) is 0 Å². The van der Waals surface area contributed by atoms with Gasteiger partial charge >= 0.3 is 0 Å². The number of ether oxygens (including phenoxy) is 1. The third-order valence-electron chi connectivity index (χ3n) is 0.456. The molecule has 0 unspecified atom stereocenters. The lowest BCUT2D eigenvalue weighted by molar-refractivity contribution is 0.162. The van der Waals surface area contributed by atoms with Crippen molar-refractivity contribution in [3.63, 3.8) is 0 Å². The Hall–Kier alpha value is 0.280. The zero-order chi connectivity index (χ0) is 7.54. The minimum atomic E-state index is 0.844. The standard InChI is InChI=1S/C4H10O.C2H2Cl2/c1-3-5-4-2;3-1-2-4/h3-4H2,1-2H3;1-2H/b;2-1+. The fourth-order valence-corrected chi connectivity index (χ4v) is 0.204. The maximum absolute atomic E-state index is 4.87. The van der Waals surface area contributed by atoms with Gasteiger partial charge in [-0.05, 0) is 13.8 Å². The van der Waals surface area contributed by atoms with Gasteiger partial charge in [0.1, 0.15) is 0 Å². The second-order valence-electron chi connectivity index (χ2n) is 1.03. The summed E-state index contributed by atoms with van der Waals surface area (Å²) in [5.74, 6) is 0. The lowest BCUT2D eigenvalue weighted by Crippen LogP contribution is -1.84. The Morgan fingerprint density at radius 1 is 1.11 bits per heavy atom. The van der Waals surface area contributed by atoms with Crippen molar-refractivity contribution in [3.8, 4) is 0 Å². The maximum atomic E-state index is 4.87. The predicted molar refractivity (Wildman–Crippen MR) is 43.0 cm³/mol. The van der Waals surface area contributed by atoms with E-state index in [1.165, 1.54) is 11.1 Å². The third kappa shape index (κ3) is 30.4. The first-order chi connectivity index (χ1) is 4.33. The molecule has 0 aliphatic heterocycles. The topological polar surface area (TPSA) is 9.23 Å². The van der Waals surface area contributed by atoms with Crippen molar-refractivity contribution in [2.24, 2.45) is 0 Å². The quantitative estimate of drug-likeness (QED) is 0.620. The summed E-state index contributed by atoms with van der Waals surface area (Å²) >= 11 is 9.75. The largest absolute Gasteiger partial charge is 0.382 e. The SMILES string of the molecule is CCOCC.Cl/C=C/Cl. The van der Waals surface area contributed by atoms with E-state index in [4.69, 9.17) is 27.9 Å². The summed E-state index contributed by atoms with van der Waals surface area (Å²) in [6, 6.07) is 0. The summed E-state index contributed by atoms with van der Waals surface area (Å²) in [5, 5.41) is 0. The molecule has 0 spiro atoms. The molecule has 1 nitrogen and oxygen atoms in total. The molecule has 9 heavy (non-hydrogen) atoms. The van der Waals surface area contributed by atoms with Gasteiger partial charge in [0.25, 0.3) is 0 Å². The van der Waals surface area contributed by atoms with E-state index in [0.717, 1.165) is 13.2 Å². The molecule has 0 saturated heterocycles. The van der Waals surface area contributed by atoms with Crippen LogP contribution in [0.4, 0.5) is 0 Å². The second-order valence-corrected chi connectivity index (χ2v) is 1.54. The van der Waals surface area contributed by atoms with E-state index in [1.807, 2.05) is 13.8 Å². The highest BCUT2D eigenvalue weighted by Gasteiger charge is 1.64. The fraction of sp³-hybridized carbons (Fsp3) is 0.667. The van der Waals surface area contributed by atoms with Crippen molar-refractivity contribution in [2.75, 3.05) is 13.2 Å². The van der Waals surface area contributed by atoms with E-state index in [2.05, 4.69) is 0 Å². The summed E-state index contributed by atoms with van der Waals surface area (Å²) in [6.07, 6.45) is 0. The Morgan fingerprint density at radius 3 is 1.44 bits per heavy atom. The molecule has 0 fully saturated rings. The molecule has 0 atom stereocenters. The third-order valence-corrected chi connectivity index (χ3v) is 0.837. The summed E-state index contributed by atoms with van der Waals surface area (Å²) in [6.45, 7) is 5.67. The van der Waals surface area contributed by atoms with Crippen LogP contribution in [0, 0.1) is 0 Å². The molecule has 56 valence electrons. The second kappa shape index (κ2) is 15.7. The molecule has 0 saturated carbocycles. The molecule has 0 heterocycles. The van der Waals surface area contributed by atoms with Crippen molar-refractivity contribution in [3.05, 3.63) is 11.1 Å². The molecule has 0 aromatic rings. The molecule has 0 rings (SSSR count). The molecule has 0 amide bonds. The van der Waals surface area contributed by atoms with Crippen LogP contribution in [-0.4, -0.2) is 13.2 Å². The fourth-order valence-electron chi connectivity index (χ4n) is 0.204. The zero-order valence-electron chi connectivity index (χ0n) is 5.73. The molecule has 0 aliphatic rings. The average Bonchev–Trinajstić information content (AvgIpc) is 1.91. The Labute approximate surface area is 66.6 Å². The van der Waals surface area contributed by atoms with Crippen LogP contribution in [0.3, 0.4) is 0 Å². The van der Waals surface area contributed by atoms with Crippen molar-refractivity contribution in [1.82, 2.24) is 0 Å². The minimum absolute atomic E-state index is 0.844. The first-order valence-corrected chi connectivity index (χ1v) is 3.63. The Morgan fingerprint density at radius 2 is 1.44 bits per heavy atom. The van der Waals surface area contributed by atoms with Crippen LogP contribution in [0.1, 0.15) is 13.8 Å². The van der Waals surface area contributed by atoms with Gasteiger partial charge in [0.15, 0.2) is 0 Å². The molecule has 0 aliphatic carbocycles. The summed E-state index contributed by atoms with van der Waals surface area (Å²) in [7, 11) is 0. The number of hydrogen-bond acceptors (Lipinski definition) is 1. The minimum Gasteiger partial charge on any atom is -0.382 e. The van der Waals surface area contributed by atoms with Crippen LogP contribution in [0.15, 0.2) is 11.1 Å². The van der Waals surface area contributed by atoms with E-state index in [-0.39, 0.29) is 0 Å². The number of halogens is 2. The number of rotatable bonds is 2. The molecule has 0 bridgehead atoms. The molecular formula is C6H12Cl2O. The highest BCUT2D eigenvalue weighted by molar-refractivity contribution is 6.33. The van der Waals surface area contributed by atoms with Gasteiger partial charge in [-0.15, -0.1) is 0 Å². The first-order valence-electron chi connectivity index (χ1n) is 2.76. The van der Waals surface area contributed by atoms with Gasteiger partial charge in [0.2, 0.25) is 0 Å². The van der Waals surface area contributed by atoms with Crippen LogP contribution in [0.25, 0.3) is 0 Å². The normalized spacial score (nSPS) is 8.89. The van der Waals surface area contributed by atoms with Crippen LogP contribution in [0.5, 0.6) is 0 Å². The van der Waals surface area contributed by atoms with Crippen LogP contribution >= 0.6 is 23.2 Å². The van der Waals surface area contributed by atoms with Gasteiger partial charge in [-0.2, -0.15) is 0 Å². The van der Waals surface area contributed by atoms with Gasteiger partial charge in [0.05, 0.1) is 0 Å². The van der Waals surface area contributed by atoms with Crippen molar-refractivity contribution in [2.45, 2.75) is 13.8 Å².